The fourth-order valence-electron chi connectivity index (χ4n) is 1.75. The molecule has 0 saturated heterocycles. The molecule has 0 unspecified atom stereocenters. The van der Waals surface area contributed by atoms with Gasteiger partial charge >= 0.3 is 0 Å². The van der Waals surface area contributed by atoms with E-state index < -0.39 is 0 Å². The van der Waals surface area contributed by atoms with Crippen LogP contribution in [0.5, 0.6) is 5.75 Å². The van der Waals surface area contributed by atoms with Crippen LogP contribution in [0.15, 0.2) is 40.9 Å². The highest BCUT2D eigenvalue weighted by atomic mass is 79.9. The third kappa shape index (κ3) is 3.64. The summed E-state index contributed by atoms with van der Waals surface area (Å²) in [5.41, 5.74) is 2.18. The van der Waals surface area contributed by atoms with E-state index in [1.165, 1.54) is 12.1 Å². The first-order chi connectivity index (χ1) is 9.08. The van der Waals surface area contributed by atoms with E-state index in [1.807, 2.05) is 13.0 Å². The fourth-order valence-corrected chi connectivity index (χ4v) is 2.26. The molecule has 0 fully saturated rings. The molecule has 0 radical (unpaired) electrons. The van der Waals surface area contributed by atoms with E-state index in [2.05, 4.69) is 15.9 Å². The van der Waals surface area contributed by atoms with Crippen molar-refractivity contribution in [3.05, 3.63) is 63.4 Å². The predicted molar refractivity (Wildman–Crippen MR) is 75.0 cm³/mol. The second kappa shape index (κ2) is 5.97. The number of aldehydes is 1. The van der Waals surface area contributed by atoms with E-state index in [1.54, 1.807) is 18.2 Å². The van der Waals surface area contributed by atoms with E-state index in [9.17, 15) is 9.18 Å². The van der Waals surface area contributed by atoms with Crippen molar-refractivity contribution in [1.82, 2.24) is 0 Å². The van der Waals surface area contributed by atoms with Gasteiger partial charge in [-0.25, -0.2) is 4.39 Å². The minimum absolute atomic E-state index is 0.209. The molecule has 0 saturated carbocycles. The lowest BCUT2D eigenvalue weighted by Crippen LogP contribution is -1.99. The van der Waals surface area contributed by atoms with Crippen molar-refractivity contribution in [3.8, 4) is 5.75 Å². The summed E-state index contributed by atoms with van der Waals surface area (Å²) in [7, 11) is 0. The number of hydrogen-bond donors (Lipinski definition) is 0. The number of benzene rings is 2. The van der Waals surface area contributed by atoms with E-state index in [0.29, 0.717) is 21.3 Å². The highest BCUT2D eigenvalue weighted by Crippen LogP contribution is 2.21. The normalized spacial score (nSPS) is 10.3. The molecular weight excluding hydrogens is 311 g/mol. The van der Waals surface area contributed by atoms with Gasteiger partial charge < -0.3 is 4.74 Å². The zero-order chi connectivity index (χ0) is 13.8. The van der Waals surface area contributed by atoms with E-state index in [-0.39, 0.29) is 12.4 Å². The molecule has 2 aromatic carbocycles. The molecule has 0 aliphatic rings. The maximum absolute atomic E-state index is 13.2. The van der Waals surface area contributed by atoms with Crippen molar-refractivity contribution >= 4 is 22.2 Å². The number of carbonyl (C=O) groups excluding carboxylic acids is 1. The van der Waals surface area contributed by atoms with Gasteiger partial charge in [-0.2, -0.15) is 0 Å². The Morgan fingerprint density at radius 3 is 2.74 bits per heavy atom. The molecule has 4 heteroatoms. The third-order valence-corrected chi connectivity index (χ3v) is 3.07. The standard InChI is InChI=1S/C15H12BrFO2/c1-10-2-3-15(12(4-10)8-18)19-9-11-5-13(16)7-14(17)6-11/h2-8H,9H2,1H3. The molecule has 2 aromatic rings. The van der Waals surface area contributed by atoms with Crippen LogP contribution in [0.2, 0.25) is 0 Å². The molecule has 98 valence electrons. The minimum atomic E-state index is -0.326. The number of aryl methyl sites for hydroxylation is 1. The van der Waals surface area contributed by atoms with Gasteiger partial charge in [-0.15, -0.1) is 0 Å². The highest BCUT2D eigenvalue weighted by Gasteiger charge is 2.05. The zero-order valence-corrected chi connectivity index (χ0v) is 11.9. The lowest BCUT2D eigenvalue weighted by Gasteiger charge is -2.09. The van der Waals surface area contributed by atoms with Crippen LogP contribution in [0.25, 0.3) is 0 Å². The van der Waals surface area contributed by atoms with Crippen LogP contribution in [0.4, 0.5) is 4.39 Å². The summed E-state index contributed by atoms with van der Waals surface area (Å²) in [4.78, 5) is 11.0. The Morgan fingerprint density at radius 1 is 1.26 bits per heavy atom. The molecule has 0 atom stereocenters. The average Bonchev–Trinajstić information content (AvgIpc) is 2.36. The molecule has 0 heterocycles. The fraction of sp³-hybridized carbons (Fsp3) is 0.133. The van der Waals surface area contributed by atoms with E-state index in [4.69, 9.17) is 4.74 Å². The summed E-state index contributed by atoms with van der Waals surface area (Å²) in [5.74, 6) is 0.175. The van der Waals surface area contributed by atoms with E-state index >= 15 is 0 Å². The Labute approximate surface area is 119 Å². The molecule has 0 N–H and O–H groups in total. The van der Waals surface area contributed by atoms with Gasteiger partial charge in [-0.05, 0) is 42.8 Å². The summed E-state index contributed by atoms with van der Waals surface area (Å²) >= 11 is 3.23. The molecule has 0 aromatic heterocycles. The smallest absolute Gasteiger partial charge is 0.153 e. The second-order valence-corrected chi connectivity index (χ2v) is 5.14. The molecule has 19 heavy (non-hydrogen) atoms. The summed E-state index contributed by atoms with van der Waals surface area (Å²) in [6.45, 7) is 2.11. The van der Waals surface area contributed by atoms with Gasteiger partial charge in [-0.3, -0.25) is 4.79 Å². The van der Waals surface area contributed by atoms with Crippen LogP contribution in [-0.2, 0) is 6.61 Å². The topological polar surface area (TPSA) is 26.3 Å². The van der Waals surface area contributed by atoms with Gasteiger partial charge in [0.05, 0.1) is 5.56 Å². The molecule has 0 bridgehead atoms. The molecule has 0 spiro atoms. The van der Waals surface area contributed by atoms with Crippen LogP contribution in [-0.4, -0.2) is 6.29 Å². The lowest BCUT2D eigenvalue weighted by molar-refractivity contribution is 0.111. The van der Waals surface area contributed by atoms with Gasteiger partial charge in [0.15, 0.2) is 6.29 Å². The largest absolute Gasteiger partial charge is 0.488 e. The summed E-state index contributed by atoms with van der Waals surface area (Å²) in [6, 6.07) is 9.92. The van der Waals surface area contributed by atoms with Crippen LogP contribution in [0.3, 0.4) is 0 Å². The zero-order valence-electron chi connectivity index (χ0n) is 10.3. The average molecular weight is 323 g/mol. The Kier molecular flexibility index (Phi) is 4.32. The molecule has 0 amide bonds. The number of halogens is 2. The van der Waals surface area contributed by atoms with Crippen molar-refractivity contribution in [3.63, 3.8) is 0 Å². The molecule has 0 aliphatic carbocycles. The van der Waals surface area contributed by atoms with Gasteiger partial charge in [0.1, 0.15) is 18.2 Å². The summed E-state index contributed by atoms with van der Waals surface area (Å²) in [5, 5.41) is 0. The van der Waals surface area contributed by atoms with Crippen LogP contribution < -0.4 is 4.74 Å². The first-order valence-electron chi connectivity index (χ1n) is 5.72. The van der Waals surface area contributed by atoms with Crippen molar-refractivity contribution in [2.24, 2.45) is 0 Å². The Balaban J connectivity index is 2.16. The first kappa shape index (κ1) is 13.7. The number of rotatable bonds is 4. The molecule has 2 rings (SSSR count). The second-order valence-electron chi connectivity index (χ2n) is 4.23. The monoisotopic (exact) mass is 322 g/mol. The molecule has 0 aliphatic heterocycles. The molecular formula is C15H12BrFO2. The third-order valence-electron chi connectivity index (χ3n) is 2.61. The number of ether oxygens (including phenoxy) is 1. The Hall–Kier alpha value is -1.68. The van der Waals surface area contributed by atoms with Crippen molar-refractivity contribution < 1.29 is 13.9 Å². The predicted octanol–water partition coefficient (Wildman–Crippen LogP) is 4.29. The van der Waals surface area contributed by atoms with Crippen LogP contribution in [0, 0.1) is 12.7 Å². The minimum Gasteiger partial charge on any atom is -0.488 e. The summed E-state index contributed by atoms with van der Waals surface area (Å²) < 4.78 is 19.4. The summed E-state index contributed by atoms with van der Waals surface area (Å²) in [6.07, 6.45) is 0.754. The van der Waals surface area contributed by atoms with Gasteiger partial charge in [-0.1, -0.05) is 27.6 Å². The van der Waals surface area contributed by atoms with Gasteiger partial charge in [0.2, 0.25) is 0 Å². The highest BCUT2D eigenvalue weighted by molar-refractivity contribution is 9.10. The number of carbonyl (C=O) groups is 1. The van der Waals surface area contributed by atoms with E-state index in [0.717, 1.165) is 11.8 Å². The van der Waals surface area contributed by atoms with Crippen molar-refractivity contribution in [2.75, 3.05) is 0 Å². The maximum Gasteiger partial charge on any atom is 0.153 e. The van der Waals surface area contributed by atoms with Crippen LogP contribution in [0.1, 0.15) is 21.5 Å². The van der Waals surface area contributed by atoms with Crippen molar-refractivity contribution in [1.29, 1.82) is 0 Å². The van der Waals surface area contributed by atoms with Crippen LogP contribution >= 0.6 is 15.9 Å². The first-order valence-corrected chi connectivity index (χ1v) is 6.51. The Bertz CT molecular complexity index is 591. The Morgan fingerprint density at radius 2 is 2.05 bits per heavy atom. The van der Waals surface area contributed by atoms with Gasteiger partial charge in [0.25, 0.3) is 0 Å². The maximum atomic E-state index is 13.2. The van der Waals surface area contributed by atoms with Gasteiger partial charge in [0, 0.05) is 4.47 Å². The lowest BCUT2D eigenvalue weighted by atomic mass is 10.1. The number of hydrogen-bond acceptors (Lipinski definition) is 2. The SMILES string of the molecule is Cc1ccc(OCc2cc(F)cc(Br)c2)c(C=O)c1. The molecule has 2 nitrogen and oxygen atoms in total. The van der Waals surface area contributed by atoms with Crippen molar-refractivity contribution in [2.45, 2.75) is 13.5 Å². The quantitative estimate of drug-likeness (QED) is 0.785.